The molecule has 1 aromatic heterocycles. The van der Waals surface area contributed by atoms with E-state index >= 15 is 0 Å². The van der Waals surface area contributed by atoms with Crippen LogP contribution in [0.1, 0.15) is 5.56 Å². The van der Waals surface area contributed by atoms with Crippen LogP contribution in [0.5, 0.6) is 0 Å². The molecule has 0 radical (unpaired) electrons. The summed E-state index contributed by atoms with van der Waals surface area (Å²) in [5, 5.41) is 4.81. The first kappa shape index (κ1) is 9.27. The molecular weight excluding hydrogens is 196 g/mol. The minimum absolute atomic E-state index is 0.524. The lowest BCUT2D eigenvalue weighted by molar-refractivity contribution is 1.22. The monoisotopic (exact) mass is 206 g/mol. The quantitative estimate of drug-likeness (QED) is 0.602. The van der Waals surface area contributed by atoms with E-state index in [9.17, 15) is 4.91 Å². The van der Waals surface area contributed by atoms with Crippen LogP contribution in [0.2, 0.25) is 0 Å². The van der Waals surface area contributed by atoms with E-state index in [0.717, 1.165) is 21.5 Å². The lowest BCUT2D eigenvalue weighted by Gasteiger charge is -1.92. The fraction of sp³-hybridized carbons (Fsp3) is 0.200. The Bertz CT molecular complexity index is 490. The van der Waals surface area contributed by atoms with Crippen LogP contribution in [0.25, 0.3) is 10.9 Å². The molecule has 72 valence electrons. The average Bonchev–Trinajstić information content (AvgIpc) is 2.54. The minimum Gasteiger partial charge on any atom is -0.348 e. The van der Waals surface area contributed by atoms with Gasteiger partial charge in [0.2, 0.25) is 0 Å². The Morgan fingerprint density at radius 2 is 2.21 bits per heavy atom. The average molecular weight is 206 g/mol. The maximum absolute atomic E-state index is 10.7. The molecule has 0 amide bonds. The van der Waals surface area contributed by atoms with Gasteiger partial charge in [-0.3, -0.25) is 0 Å². The number of hydrogen-bond acceptors (Lipinski definition) is 3. The van der Waals surface area contributed by atoms with Crippen LogP contribution in [0.15, 0.2) is 28.4 Å². The first-order chi connectivity index (χ1) is 6.76. The molecule has 0 fully saturated rings. The van der Waals surface area contributed by atoms with Crippen LogP contribution >= 0.6 is 11.8 Å². The summed E-state index contributed by atoms with van der Waals surface area (Å²) in [4.78, 5) is 13.9. The van der Waals surface area contributed by atoms with Crippen molar-refractivity contribution in [3.8, 4) is 0 Å². The Hall–Kier alpha value is -1.29. The van der Waals surface area contributed by atoms with Crippen LogP contribution in [-0.2, 0) is 0 Å². The number of benzene rings is 1. The predicted molar refractivity (Wildman–Crippen MR) is 60.3 cm³/mol. The number of aromatic amines is 1. The molecule has 1 heterocycles. The Morgan fingerprint density at radius 1 is 1.43 bits per heavy atom. The second-order valence-electron chi connectivity index (χ2n) is 3.15. The highest BCUT2D eigenvalue weighted by Crippen LogP contribution is 2.35. The number of nitroso groups, excluding NO2 is 1. The van der Waals surface area contributed by atoms with E-state index in [1.807, 2.05) is 31.4 Å². The number of nitrogens with zero attached hydrogens (tertiary/aromatic N) is 1. The molecule has 4 heteroatoms. The van der Waals surface area contributed by atoms with E-state index in [1.165, 1.54) is 11.8 Å². The maximum atomic E-state index is 10.7. The fourth-order valence-corrected chi connectivity index (χ4v) is 2.06. The molecule has 1 N–H and O–H groups in total. The van der Waals surface area contributed by atoms with Gasteiger partial charge in [-0.2, -0.15) is 0 Å². The molecule has 2 aromatic rings. The molecule has 0 bridgehead atoms. The zero-order valence-corrected chi connectivity index (χ0v) is 8.81. The highest BCUT2D eigenvalue weighted by Gasteiger charge is 2.10. The van der Waals surface area contributed by atoms with Gasteiger partial charge in [0.05, 0.1) is 0 Å². The lowest BCUT2D eigenvalue weighted by Crippen LogP contribution is -1.70. The molecule has 14 heavy (non-hydrogen) atoms. The highest BCUT2D eigenvalue weighted by molar-refractivity contribution is 7.98. The van der Waals surface area contributed by atoms with Gasteiger partial charge in [-0.15, -0.1) is 16.7 Å². The minimum atomic E-state index is 0.524. The largest absolute Gasteiger partial charge is 0.348 e. The Labute approximate surface area is 85.9 Å². The number of thioether (sulfide) groups is 1. The zero-order chi connectivity index (χ0) is 10.1. The molecule has 0 unspecified atom stereocenters. The van der Waals surface area contributed by atoms with Gasteiger partial charge in [0.1, 0.15) is 10.7 Å². The van der Waals surface area contributed by atoms with E-state index < -0.39 is 0 Å². The lowest BCUT2D eigenvalue weighted by atomic mass is 10.2. The van der Waals surface area contributed by atoms with Crippen molar-refractivity contribution in [3.63, 3.8) is 0 Å². The number of fused-ring (bicyclic) bond motifs is 1. The molecule has 0 aliphatic heterocycles. The third kappa shape index (κ3) is 1.32. The standard InChI is InChI=1S/C10H10N2OS/c1-6-3-4-8-7(5-6)9(12-13)10(11-8)14-2/h3-5,11H,1-2H3. The van der Waals surface area contributed by atoms with Gasteiger partial charge in [0.25, 0.3) is 0 Å². The molecule has 3 nitrogen and oxygen atoms in total. The number of nitrogens with one attached hydrogen (secondary N) is 1. The van der Waals surface area contributed by atoms with Crippen molar-refractivity contribution in [2.75, 3.05) is 6.26 Å². The number of rotatable bonds is 2. The Kier molecular flexibility index (Phi) is 2.29. The summed E-state index contributed by atoms with van der Waals surface area (Å²) in [7, 11) is 0. The van der Waals surface area contributed by atoms with Gasteiger partial charge in [0, 0.05) is 10.9 Å². The molecular formula is C10H10N2OS. The van der Waals surface area contributed by atoms with Gasteiger partial charge in [-0.25, -0.2) is 0 Å². The number of aryl methyl sites for hydroxylation is 1. The third-order valence-corrected chi connectivity index (χ3v) is 2.89. The van der Waals surface area contributed by atoms with Crippen molar-refractivity contribution in [1.29, 1.82) is 0 Å². The van der Waals surface area contributed by atoms with E-state index in [0.29, 0.717) is 5.69 Å². The van der Waals surface area contributed by atoms with Crippen molar-refractivity contribution in [1.82, 2.24) is 4.98 Å². The topological polar surface area (TPSA) is 45.2 Å². The summed E-state index contributed by atoms with van der Waals surface area (Å²) < 4.78 is 0. The second kappa shape index (κ2) is 3.46. The van der Waals surface area contributed by atoms with E-state index in [2.05, 4.69) is 10.2 Å². The van der Waals surface area contributed by atoms with Crippen LogP contribution in [0.3, 0.4) is 0 Å². The van der Waals surface area contributed by atoms with Crippen molar-refractivity contribution in [3.05, 3.63) is 28.7 Å². The van der Waals surface area contributed by atoms with Crippen LogP contribution in [-0.4, -0.2) is 11.2 Å². The number of aromatic nitrogens is 1. The summed E-state index contributed by atoms with van der Waals surface area (Å²) in [5.74, 6) is 0. The molecule has 0 atom stereocenters. The molecule has 0 saturated heterocycles. The maximum Gasteiger partial charge on any atom is 0.147 e. The molecule has 2 rings (SSSR count). The predicted octanol–water partition coefficient (Wildman–Crippen LogP) is 3.60. The molecule has 0 spiro atoms. The van der Waals surface area contributed by atoms with Crippen LogP contribution in [0.4, 0.5) is 5.69 Å². The van der Waals surface area contributed by atoms with Gasteiger partial charge in [-0.05, 0) is 30.5 Å². The fourth-order valence-electron chi connectivity index (χ4n) is 1.51. The first-order valence-electron chi connectivity index (χ1n) is 4.26. The summed E-state index contributed by atoms with van der Waals surface area (Å²) in [6.45, 7) is 2.00. The Morgan fingerprint density at radius 3 is 2.86 bits per heavy atom. The van der Waals surface area contributed by atoms with Crippen molar-refractivity contribution in [2.45, 2.75) is 11.9 Å². The summed E-state index contributed by atoms with van der Waals surface area (Å²) in [6, 6.07) is 5.96. The van der Waals surface area contributed by atoms with Crippen molar-refractivity contribution < 1.29 is 0 Å². The molecule has 1 aromatic carbocycles. The number of H-pyrrole nitrogens is 1. The van der Waals surface area contributed by atoms with Crippen LogP contribution in [0, 0.1) is 11.8 Å². The van der Waals surface area contributed by atoms with E-state index in [4.69, 9.17) is 0 Å². The summed E-state index contributed by atoms with van der Waals surface area (Å²) >= 11 is 1.50. The zero-order valence-electron chi connectivity index (χ0n) is 8.00. The van der Waals surface area contributed by atoms with Gasteiger partial charge in [0.15, 0.2) is 0 Å². The van der Waals surface area contributed by atoms with E-state index in [-0.39, 0.29) is 0 Å². The molecule has 0 aliphatic carbocycles. The first-order valence-corrected chi connectivity index (χ1v) is 5.48. The normalized spacial score (nSPS) is 10.7. The molecule has 0 saturated carbocycles. The van der Waals surface area contributed by atoms with Crippen LogP contribution < -0.4 is 0 Å². The smallest absolute Gasteiger partial charge is 0.147 e. The Balaban J connectivity index is 2.81. The van der Waals surface area contributed by atoms with Crippen molar-refractivity contribution in [2.24, 2.45) is 5.18 Å². The number of hydrogen-bond donors (Lipinski definition) is 1. The van der Waals surface area contributed by atoms with Gasteiger partial charge in [-0.1, -0.05) is 11.6 Å². The summed E-state index contributed by atoms with van der Waals surface area (Å²) in [5.41, 5.74) is 2.62. The van der Waals surface area contributed by atoms with Crippen molar-refractivity contribution >= 4 is 28.4 Å². The van der Waals surface area contributed by atoms with Gasteiger partial charge >= 0.3 is 0 Å². The SMILES string of the molecule is CSc1[nH]c2ccc(C)cc2c1N=O. The third-order valence-electron chi connectivity index (χ3n) is 2.19. The van der Waals surface area contributed by atoms with E-state index in [1.54, 1.807) is 0 Å². The second-order valence-corrected chi connectivity index (χ2v) is 3.96. The summed E-state index contributed by atoms with van der Waals surface area (Å²) in [6.07, 6.45) is 1.92. The highest BCUT2D eigenvalue weighted by atomic mass is 32.2. The molecule has 0 aliphatic rings. The van der Waals surface area contributed by atoms with Gasteiger partial charge < -0.3 is 4.98 Å².